The zero-order chi connectivity index (χ0) is 25.1. The van der Waals surface area contributed by atoms with Crippen LogP contribution < -0.4 is 4.74 Å². The molecule has 182 valence electrons. The van der Waals surface area contributed by atoms with Crippen LogP contribution in [0.4, 0.5) is 17.6 Å². The minimum atomic E-state index is -3.78. The smallest absolute Gasteiger partial charge is 0.287 e. The number of tetrazole rings is 1. The number of nitriles is 1. The highest BCUT2D eigenvalue weighted by Gasteiger charge is 2.82. The van der Waals surface area contributed by atoms with Gasteiger partial charge in [-0.2, -0.15) is 5.26 Å². The van der Waals surface area contributed by atoms with Crippen molar-refractivity contribution in [2.24, 2.45) is 5.41 Å². The summed E-state index contributed by atoms with van der Waals surface area (Å²) in [5, 5.41) is 30.6. The second-order valence-electron chi connectivity index (χ2n) is 9.57. The highest BCUT2D eigenvalue weighted by Crippen LogP contribution is 2.80. The normalized spacial score (nSPS) is 25.5. The van der Waals surface area contributed by atoms with Crippen LogP contribution >= 0.6 is 0 Å². The molecule has 7 nitrogen and oxygen atoms in total. The summed E-state index contributed by atoms with van der Waals surface area (Å²) in [5.74, 6) is -5.50. The third-order valence-corrected chi connectivity index (χ3v) is 7.34. The van der Waals surface area contributed by atoms with Gasteiger partial charge in [0.15, 0.2) is 11.7 Å². The van der Waals surface area contributed by atoms with E-state index in [9.17, 15) is 13.9 Å². The van der Waals surface area contributed by atoms with E-state index in [1.165, 1.54) is 0 Å². The second kappa shape index (κ2) is 7.75. The van der Waals surface area contributed by atoms with Crippen LogP contribution in [0.3, 0.4) is 0 Å². The Kier molecular flexibility index (Phi) is 5.14. The molecule has 3 aliphatic rings. The summed E-state index contributed by atoms with van der Waals surface area (Å²) in [7, 11) is 0. The summed E-state index contributed by atoms with van der Waals surface area (Å²) in [6.07, 6.45) is 0.679. The highest BCUT2D eigenvalue weighted by molar-refractivity contribution is 5.44. The number of benzene rings is 2. The molecule has 0 amide bonds. The van der Waals surface area contributed by atoms with Crippen molar-refractivity contribution in [3.63, 3.8) is 0 Å². The maximum atomic E-state index is 16.2. The van der Waals surface area contributed by atoms with Crippen LogP contribution in [0.15, 0.2) is 48.8 Å². The van der Waals surface area contributed by atoms with Crippen LogP contribution in [0, 0.1) is 28.4 Å². The second-order valence-corrected chi connectivity index (χ2v) is 9.57. The Labute approximate surface area is 197 Å². The van der Waals surface area contributed by atoms with Gasteiger partial charge in [-0.05, 0) is 71.9 Å². The lowest BCUT2D eigenvalue weighted by molar-refractivity contribution is -0.347. The first-order chi connectivity index (χ1) is 16.5. The predicted molar refractivity (Wildman–Crippen MR) is 113 cm³/mol. The number of aliphatic hydroxyl groups is 1. The van der Waals surface area contributed by atoms with Gasteiger partial charge in [0.05, 0.1) is 6.54 Å². The molecule has 0 radical (unpaired) electrons. The Morgan fingerprint density at radius 1 is 1.17 bits per heavy atom. The SMILES string of the molecule is CC(C#N)Oc1ccc(C23CC(C(F)(F)[C@@](O)(Cn4cnnn4)c4ccc(F)cc4F)(C2)C3)cc1. The number of aromatic nitrogens is 4. The molecule has 3 saturated carbocycles. The third-order valence-electron chi connectivity index (χ3n) is 7.34. The number of hydrogen-bond donors (Lipinski definition) is 1. The van der Waals surface area contributed by atoms with E-state index in [-0.39, 0.29) is 19.3 Å². The largest absolute Gasteiger partial charge is 0.476 e. The average molecular weight is 487 g/mol. The molecule has 1 N–H and O–H groups in total. The molecule has 11 heteroatoms. The summed E-state index contributed by atoms with van der Waals surface area (Å²) in [6, 6.07) is 11.1. The number of rotatable bonds is 8. The van der Waals surface area contributed by atoms with Crippen molar-refractivity contribution in [2.75, 3.05) is 0 Å². The summed E-state index contributed by atoms with van der Waals surface area (Å²) in [6.45, 7) is 0.800. The molecule has 0 spiro atoms. The predicted octanol–water partition coefficient (Wildman–Crippen LogP) is 3.89. The van der Waals surface area contributed by atoms with Gasteiger partial charge in [0, 0.05) is 17.0 Å². The number of alkyl halides is 2. The fourth-order valence-corrected chi connectivity index (χ4v) is 5.65. The van der Waals surface area contributed by atoms with Gasteiger partial charge in [-0.3, -0.25) is 0 Å². The number of halogens is 4. The van der Waals surface area contributed by atoms with E-state index in [1.54, 1.807) is 31.2 Å². The summed E-state index contributed by atoms with van der Waals surface area (Å²) >= 11 is 0. The van der Waals surface area contributed by atoms with E-state index in [0.29, 0.717) is 11.8 Å². The van der Waals surface area contributed by atoms with Crippen molar-refractivity contribution in [1.82, 2.24) is 20.2 Å². The Bertz CT molecular complexity index is 1270. The van der Waals surface area contributed by atoms with Gasteiger partial charge in [0.2, 0.25) is 0 Å². The van der Waals surface area contributed by atoms with E-state index < -0.39 is 52.2 Å². The molecule has 3 fully saturated rings. The first kappa shape index (κ1) is 23.2. The van der Waals surface area contributed by atoms with Crippen molar-refractivity contribution < 1.29 is 27.4 Å². The maximum Gasteiger partial charge on any atom is 0.287 e. The highest BCUT2D eigenvalue weighted by atomic mass is 19.3. The molecule has 3 aromatic rings. The molecule has 0 saturated heterocycles. The topological polar surface area (TPSA) is 96.8 Å². The molecule has 1 unspecified atom stereocenters. The number of ether oxygens (including phenoxy) is 1. The maximum absolute atomic E-state index is 16.2. The molecular formula is C24H21F4N5O2. The lowest BCUT2D eigenvalue weighted by Crippen LogP contribution is -2.76. The molecule has 0 aliphatic heterocycles. The van der Waals surface area contributed by atoms with Gasteiger partial charge in [0.1, 0.15) is 29.8 Å². The van der Waals surface area contributed by atoms with Gasteiger partial charge in [-0.15, -0.1) is 5.10 Å². The third kappa shape index (κ3) is 3.38. The summed E-state index contributed by atoms with van der Waals surface area (Å²) < 4.78 is 66.9. The molecule has 1 heterocycles. The Morgan fingerprint density at radius 3 is 2.43 bits per heavy atom. The molecule has 1 aromatic heterocycles. The molecule has 3 aliphatic carbocycles. The first-order valence-corrected chi connectivity index (χ1v) is 11.0. The Hall–Kier alpha value is -3.52. The fraction of sp³-hybridized carbons (Fsp3) is 0.417. The molecule has 35 heavy (non-hydrogen) atoms. The number of nitrogens with zero attached hydrogens (tertiary/aromatic N) is 5. The van der Waals surface area contributed by atoms with Gasteiger partial charge in [-0.1, -0.05) is 12.1 Å². The van der Waals surface area contributed by atoms with E-state index in [2.05, 4.69) is 15.5 Å². The van der Waals surface area contributed by atoms with Crippen molar-refractivity contribution in [1.29, 1.82) is 5.26 Å². The lowest BCUT2D eigenvalue weighted by atomic mass is 9.30. The molecule has 6 rings (SSSR count). The molecular weight excluding hydrogens is 466 g/mol. The van der Waals surface area contributed by atoms with Crippen LogP contribution in [0.1, 0.15) is 37.3 Å². The van der Waals surface area contributed by atoms with E-state index in [4.69, 9.17) is 10.00 Å². The van der Waals surface area contributed by atoms with Crippen molar-refractivity contribution in [3.05, 3.63) is 71.6 Å². The molecule has 2 bridgehead atoms. The first-order valence-electron chi connectivity index (χ1n) is 11.0. The Balaban J connectivity index is 1.43. The minimum Gasteiger partial charge on any atom is -0.476 e. The van der Waals surface area contributed by atoms with Gasteiger partial charge in [-0.25, -0.2) is 22.2 Å². The van der Waals surface area contributed by atoms with Crippen LogP contribution in [-0.2, 0) is 17.6 Å². The van der Waals surface area contributed by atoms with Gasteiger partial charge < -0.3 is 9.84 Å². The quantitative estimate of drug-likeness (QED) is 0.485. The van der Waals surface area contributed by atoms with Crippen LogP contribution in [0.5, 0.6) is 5.75 Å². The van der Waals surface area contributed by atoms with Crippen LogP contribution in [0.2, 0.25) is 0 Å². The van der Waals surface area contributed by atoms with E-state index in [1.807, 2.05) is 6.07 Å². The van der Waals surface area contributed by atoms with Crippen LogP contribution in [0.25, 0.3) is 0 Å². The van der Waals surface area contributed by atoms with Crippen LogP contribution in [-0.4, -0.2) is 37.3 Å². The van der Waals surface area contributed by atoms with Crippen molar-refractivity contribution >= 4 is 0 Å². The van der Waals surface area contributed by atoms with Crippen molar-refractivity contribution in [3.8, 4) is 11.8 Å². The number of hydrogen-bond acceptors (Lipinski definition) is 6. The standard InChI is InChI=1S/C24H21F4N5O2/c1-15(9-29)35-18-5-2-16(3-6-18)21-10-22(11-21,12-21)24(27,28)23(34,13-33-14-30-31-32-33)19-7-4-17(25)8-20(19)26/h2-8,14-15,34H,10-13H2,1H3/t15?,21?,22?,23-/m1/s1. The van der Waals surface area contributed by atoms with Gasteiger partial charge >= 0.3 is 0 Å². The van der Waals surface area contributed by atoms with E-state index >= 15 is 8.78 Å². The van der Waals surface area contributed by atoms with Crippen molar-refractivity contribution in [2.45, 2.75) is 55.8 Å². The van der Waals surface area contributed by atoms with Gasteiger partial charge in [0.25, 0.3) is 5.92 Å². The average Bonchev–Trinajstić information content (AvgIpc) is 3.25. The fourth-order valence-electron chi connectivity index (χ4n) is 5.65. The minimum absolute atomic E-state index is 0.0858. The van der Waals surface area contributed by atoms with E-state index in [0.717, 1.165) is 28.7 Å². The Morgan fingerprint density at radius 2 is 1.86 bits per heavy atom. The summed E-state index contributed by atoms with van der Waals surface area (Å²) in [5.41, 5.74) is -4.94. The molecule has 2 atom stereocenters. The monoisotopic (exact) mass is 487 g/mol. The zero-order valence-corrected chi connectivity index (χ0v) is 18.6. The molecule has 2 aromatic carbocycles. The lowest BCUT2D eigenvalue weighted by Gasteiger charge is -2.74. The zero-order valence-electron chi connectivity index (χ0n) is 18.6. The summed E-state index contributed by atoms with van der Waals surface area (Å²) in [4.78, 5) is 0.